The van der Waals surface area contributed by atoms with Crippen LogP contribution in [0.4, 0.5) is 5.69 Å². The fourth-order valence-electron chi connectivity index (χ4n) is 2.17. The van der Waals surface area contributed by atoms with Crippen molar-refractivity contribution in [2.24, 2.45) is 11.1 Å². The first-order valence-corrected chi connectivity index (χ1v) is 8.89. The summed E-state index contributed by atoms with van der Waals surface area (Å²) in [7, 11) is -3.60. The van der Waals surface area contributed by atoms with Gasteiger partial charge in [0.2, 0.25) is 15.9 Å². The molecular formula is C11H11BrCl2N2O3S. The van der Waals surface area contributed by atoms with Crippen LogP contribution in [-0.4, -0.2) is 26.6 Å². The van der Waals surface area contributed by atoms with Crippen LogP contribution < -0.4 is 10.0 Å². The molecule has 1 atom stereocenters. The Balaban J connectivity index is 2.24. The predicted octanol–water partition coefficient (Wildman–Crippen LogP) is 2.40. The second-order valence-corrected chi connectivity index (χ2v) is 7.89. The zero-order chi connectivity index (χ0) is 15.1. The van der Waals surface area contributed by atoms with Crippen molar-refractivity contribution in [1.82, 2.24) is 0 Å². The third-order valence-corrected chi connectivity index (χ3v) is 5.80. The van der Waals surface area contributed by atoms with E-state index in [-0.39, 0.29) is 30.5 Å². The topological polar surface area (TPSA) is 80.5 Å². The maximum atomic E-state index is 12.0. The lowest BCUT2D eigenvalue weighted by Gasteiger charge is -2.18. The van der Waals surface area contributed by atoms with Crippen molar-refractivity contribution in [3.8, 4) is 0 Å². The Morgan fingerprint density at radius 2 is 1.90 bits per heavy atom. The van der Waals surface area contributed by atoms with E-state index in [9.17, 15) is 13.2 Å². The highest BCUT2D eigenvalue weighted by Gasteiger charge is 2.33. The first-order valence-electron chi connectivity index (χ1n) is 5.63. The molecule has 1 aliphatic rings. The number of primary sulfonamides is 1. The van der Waals surface area contributed by atoms with Crippen molar-refractivity contribution in [1.29, 1.82) is 0 Å². The van der Waals surface area contributed by atoms with Crippen LogP contribution in [-0.2, 0) is 14.8 Å². The predicted molar refractivity (Wildman–Crippen MR) is 82.6 cm³/mol. The Hall–Kier alpha value is -0.340. The average Bonchev–Trinajstić information content (AvgIpc) is 2.63. The average molecular weight is 402 g/mol. The summed E-state index contributed by atoms with van der Waals surface area (Å²) in [5, 5.41) is 5.78. The summed E-state index contributed by atoms with van der Waals surface area (Å²) < 4.78 is 22.7. The standard InChI is InChI=1S/C11H11BrCl2N2O3S/c12-11-8(13)2-7(3-9(11)14)16-4-6(1-10(16)17)5-20(15,18)19/h2-3,6H,1,4-5H2,(H2,15,18,19). The summed E-state index contributed by atoms with van der Waals surface area (Å²) in [5.74, 6) is -0.709. The minimum absolute atomic E-state index is 0.141. The Bertz CT molecular complexity index is 643. The second kappa shape index (κ2) is 5.81. The Labute approximate surface area is 135 Å². The van der Waals surface area contributed by atoms with E-state index < -0.39 is 10.0 Å². The minimum atomic E-state index is -3.60. The normalized spacial score (nSPS) is 19.7. The lowest BCUT2D eigenvalue weighted by molar-refractivity contribution is -0.117. The summed E-state index contributed by atoms with van der Waals surface area (Å²) in [6.07, 6.45) is 0.141. The molecule has 0 bridgehead atoms. The van der Waals surface area contributed by atoms with Crippen LogP contribution in [0, 0.1) is 5.92 Å². The van der Waals surface area contributed by atoms with Crippen molar-refractivity contribution in [3.05, 3.63) is 26.7 Å². The molecule has 20 heavy (non-hydrogen) atoms. The fourth-order valence-corrected chi connectivity index (χ4v) is 3.75. The van der Waals surface area contributed by atoms with Crippen molar-refractivity contribution in [2.45, 2.75) is 6.42 Å². The molecule has 1 aromatic carbocycles. The molecule has 9 heteroatoms. The van der Waals surface area contributed by atoms with Gasteiger partial charge in [0.25, 0.3) is 0 Å². The third-order valence-electron chi connectivity index (χ3n) is 2.95. The van der Waals surface area contributed by atoms with E-state index in [1.165, 1.54) is 4.90 Å². The van der Waals surface area contributed by atoms with E-state index in [0.717, 1.165) is 0 Å². The number of rotatable bonds is 3. The van der Waals surface area contributed by atoms with Gasteiger partial charge in [-0.25, -0.2) is 13.6 Å². The number of halogens is 3. The molecule has 110 valence electrons. The van der Waals surface area contributed by atoms with E-state index in [0.29, 0.717) is 20.2 Å². The van der Waals surface area contributed by atoms with Gasteiger partial charge in [-0.2, -0.15) is 0 Å². The molecule has 1 aliphatic heterocycles. The Kier molecular flexibility index (Phi) is 4.66. The maximum Gasteiger partial charge on any atom is 0.227 e. The molecule has 0 aliphatic carbocycles. The van der Waals surface area contributed by atoms with Crippen LogP contribution in [0.25, 0.3) is 0 Å². The number of hydrogen-bond acceptors (Lipinski definition) is 3. The van der Waals surface area contributed by atoms with Gasteiger partial charge in [-0.15, -0.1) is 0 Å². The number of nitrogens with zero attached hydrogens (tertiary/aromatic N) is 1. The van der Waals surface area contributed by atoms with Gasteiger partial charge in [0.05, 0.1) is 20.3 Å². The maximum absolute atomic E-state index is 12.0. The van der Waals surface area contributed by atoms with E-state index in [1.54, 1.807) is 12.1 Å². The van der Waals surface area contributed by atoms with Gasteiger partial charge in [0, 0.05) is 24.6 Å². The van der Waals surface area contributed by atoms with Gasteiger partial charge in [-0.3, -0.25) is 4.79 Å². The lowest BCUT2D eigenvalue weighted by atomic mass is 10.1. The quantitative estimate of drug-likeness (QED) is 0.789. The highest BCUT2D eigenvalue weighted by molar-refractivity contribution is 9.10. The second-order valence-electron chi connectivity index (χ2n) is 4.63. The largest absolute Gasteiger partial charge is 0.312 e. The molecule has 1 fully saturated rings. The molecule has 0 radical (unpaired) electrons. The number of anilines is 1. The molecular weight excluding hydrogens is 391 g/mol. The van der Waals surface area contributed by atoms with Crippen LogP contribution in [0.3, 0.4) is 0 Å². The van der Waals surface area contributed by atoms with Gasteiger partial charge in [-0.05, 0) is 28.1 Å². The lowest BCUT2D eigenvalue weighted by Crippen LogP contribution is -2.27. The molecule has 0 spiro atoms. The zero-order valence-corrected chi connectivity index (χ0v) is 14.1. The fraction of sp³-hybridized carbons (Fsp3) is 0.364. The molecule has 1 unspecified atom stereocenters. The van der Waals surface area contributed by atoms with Crippen molar-refractivity contribution in [3.63, 3.8) is 0 Å². The Morgan fingerprint density at radius 3 is 2.40 bits per heavy atom. The van der Waals surface area contributed by atoms with Crippen LogP contribution in [0.15, 0.2) is 16.6 Å². The van der Waals surface area contributed by atoms with Gasteiger partial charge in [0.15, 0.2) is 0 Å². The number of nitrogens with two attached hydrogens (primary N) is 1. The Morgan fingerprint density at radius 1 is 1.35 bits per heavy atom. The van der Waals surface area contributed by atoms with Gasteiger partial charge >= 0.3 is 0 Å². The zero-order valence-electron chi connectivity index (χ0n) is 10.1. The van der Waals surface area contributed by atoms with Crippen LogP contribution in [0.1, 0.15) is 6.42 Å². The van der Waals surface area contributed by atoms with Gasteiger partial charge < -0.3 is 4.90 Å². The molecule has 1 aromatic rings. The smallest absolute Gasteiger partial charge is 0.227 e. The highest BCUT2D eigenvalue weighted by Crippen LogP contribution is 2.36. The minimum Gasteiger partial charge on any atom is -0.312 e. The van der Waals surface area contributed by atoms with Crippen LogP contribution in [0.5, 0.6) is 0 Å². The van der Waals surface area contributed by atoms with Crippen molar-refractivity contribution in [2.75, 3.05) is 17.2 Å². The van der Waals surface area contributed by atoms with E-state index in [4.69, 9.17) is 28.3 Å². The molecule has 0 aromatic heterocycles. The summed E-state index contributed by atoms with van der Waals surface area (Å²) in [5.41, 5.74) is 0.546. The summed E-state index contributed by atoms with van der Waals surface area (Å²) in [6, 6.07) is 3.21. The van der Waals surface area contributed by atoms with Gasteiger partial charge in [0.1, 0.15) is 0 Å². The monoisotopic (exact) mass is 400 g/mol. The molecule has 1 saturated heterocycles. The van der Waals surface area contributed by atoms with Crippen LogP contribution >= 0.6 is 39.1 Å². The summed E-state index contributed by atoms with van der Waals surface area (Å²) in [6.45, 7) is 0.281. The number of amides is 1. The number of hydrogen-bond donors (Lipinski definition) is 1. The van der Waals surface area contributed by atoms with E-state index >= 15 is 0 Å². The third kappa shape index (κ3) is 3.65. The van der Waals surface area contributed by atoms with E-state index in [2.05, 4.69) is 15.9 Å². The highest BCUT2D eigenvalue weighted by atomic mass is 79.9. The summed E-state index contributed by atoms with van der Waals surface area (Å²) in [4.78, 5) is 13.4. The SMILES string of the molecule is NS(=O)(=O)CC1CC(=O)N(c2cc(Cl)c(Br)c(Cl)c2)C1. The number of benzene rings is 1. The molecule has 0 saturated carbocycles. The van der Waals surface area contributed by atoms with Crippen LogP contribution in [0.2, 0.25) is 10.0 Å². The van der Waals surface area contributed by atoms with Crippen molar-refractivity contribution >= 4 is 60.7 Å². The molecule has 5 nitrogen and oxygen atoms in total. The van der Waals surface area contributed by atoms with Crippen molar-refractivity contribution < 1.29 is 13.2 Å². The molecule has 2 rings (SSSR count). The molecule has 2 N–H and O–H groups in total. The number of sulfonamides is 1. The first kappa shape index (κ1) is 16.0. The van der Waals surface area contributed by atoms with E-state index in [1.807, 2.05) is 0 Å². The molecule has 1 heterocycles. The first-order chi connectivity index (χ1) is 9.17. The number of carbonyl (C=O) groups excluding carboxylic acids is 1. The molecule has 1 amide bonds. The number of carbonyl (C=O) groups is 1. The summed E-state index contributed by atoms with van der Waals surface area (Å²) >= 11 is 15.2. The van der Waals surface area contributed by atoms with Gasteiger partial charge in [-0.1, -0.05) is 23.2 Å².